The maximum Gasteiger partial charge on any atom is 0.253 e. The van der Waals surface area contributed by atoms with Crippen LogP contribution in [-0.2, 0) is 13.0 Å². The Kier molecular flexibility index (Phi) is 8.16. The highest BCUT2D eigenvalue weighted by Crippen LogP contribution is 2.25. The largest absolute Gasteiger partial charge is 0.338 e. The summed E-state index contributed by atoms with van der Waals surface area (Å²) in [4.78, 5) is 24.4. The van der Waals surface area contributed by atoms with Crippen molar-refractivity contribution in [2.24, 2.45) is 11.7 Å². The summed E-state index contributed by atoms with van der Waals surface area (Å²) < 4.78 is 2.19. The number of aromatic nitrogens is 3. The number of aryl methyl sites for hydroxylation is 1. The van der Waals surface area contributed by atoms with Crippen LogP contribution in [0, 0.1) is 12.8 Å². The monoisotopic (exact) mass is 489 g/mol. The van der Waals surface area contributed by atoms with E-state index in [1.165, 1.54) is 5.56 Å². The smallest absolute Gasteiger partial charge is 0.253 e. The number of benzene rings is 2. The zero-order valence-electron chi connectivity index (χ0n) is 20.3. The molecular formula is C28H32ClN5O. The molecule has 2 aromatic heterocycles. The molecule has 4 aromatic rings. The lowest BCUT2D eigenvalue weighted by atomic mass is 10.0. The highest BCUT2D eigenvalue weighted by Gasteiger charge is 2.21. The number of hydrogen-bond donors (Lipinski definition) is 1. The van der Waals surface area contributed by atoms with E-state index in [9.17, 15) is 4.79 Å². The van der Waals surface area contributed by atoms with Gasteiger partial charge in [0.25, 0.3) is 5.91 Å². The van der Waals surface area contributed by atoms with E-state index in [4.69, 9.17) is 22.3 Å². The molecule has 2 N–H and O–H groups in total. The predicted molar refractivity (Wildman–Crippen MR) is 142 cm³/mol. The summed E-state index contributed by atoms with van der Waals surface area (Å²) in [5.74, 6) is 1.16. The van der Waals surface area contributed by atoms with Crippen LogP contribution in [0.25, 0.3) is 11.0 Å². The molecule has 0 aliphatic rings. The second-order valence-electron chi connectivity index (χ2n) is 9.16. The minimum Gasteiger partial charge on any atom is -0.338 e. The first-order chi connectivity index (χ1) is 17.0. The minimum absolute atomic E-state index is 0.0373. The number of nitrogens with two attached hydrogens (primary N) is 1. The molecule has 6 nitrogen and oxygen atoms in total. The van der Waals surface area contributed by atoms with Gasteiger partial charge < -0.3 is 15.2 Å². The van der Waals surface area contributed by atoms with Crippen LogP contribution >= 0.6 is 11.6 Å². The first-order valence-electron chi connectivity index (χ1n) is 12.0. The number of hydrogen-bond acceptors (Lipinski definition) is 4. The van der Waals surface area contributed by atoms with Crippen molar-refractivity contribution in [3.05, 3.63) is 94.5 Å². The molecule has 1 amide bonds. The molecule has 1 unspecified atom stereocenters. The summed E-state index contributed by atoms with van der Waals surface area (Å²) in [6.45, 7) is 6.65. The van der Waals surface area contributed by atoms with E-state index >= 15 is 0 Å². The summed E-state index contributed by atoms with van der Waals surface area (Å²) >= 11 is 6.44. The molecule has 0 saturated heterocycles. The number of halogens is 1. The summed E-state index contributed by atoms with van der Waals surface area (Å²) in [5, 5.41) is 0.544. The summed E-state index contributed by atoms with van der Waals surface area (Å²) in [7, 11) is 0. The van der Waals surface area contributed by atoms with Gasteiger partial charge in [0.15, 0.2) is 0 Å². The number of rotatable bonds is 10. The maximum atomic E-state index is 13.3. The van der Waals surface area contributed by atoms with Gasteiger partial charge in [-0.25, -0.2) is 4.98 Å². The SMILES string of the molecule is Cc1ccc(C(=O)N(CCCN)CC(C)Cc2nc3c(Cl)cncc3n2Cc2ccccc2)cc1. The van der Waals surface area contributed by atoms with Crippen molar-refractivity contribution in [3.8, 4) is 0 Å². The van der Waals surface area contributed by atoms with E-state index in [2.05, 4.69) is 28.6 Å². The molecule has 0 fully saturated rings. The number of imidazole rings is 1. The predicted octanol–water partition coefficient (Wildman–Crippen LogP) is 5.11. The van der Waals surface area contributed by atoms with Crippen molar-refractivity contribution in [3.63, 3.8) is 0 Å². The van der Waals surface area contributed by atoms with Crippen molar-refractivity contribution in [2.75, 3.05) is 19.6 Å². The molecule has 4 rings (SSSR count). The van der Waals surface area contributed by atoms with Gasteiger partial charge in [-0.3, -0.25) is 9.78 Å². The Balaban J connectivity index is 1.58. The van der Waals surface area contributed by atoms with Gasteiger partial charge in [0, 0.05) is 37.8 Å². The van der Waals surface area contributed by atoms with E-state index in [0.29, 0.717) is 43.2 Å². The molecule has 0 aliphatic carbocycles. The molecule has 0 bridgehead atoms. The fourth-order valence-electron chi connectivity index (χ4n) is 4.34. The molecule has 7 heteroatoms. The molecular weight excluding hydrogens is 458 g/mol. The average Bonchev–Trinajstić information content (AvgIpc) is 3.20. The van der Waals surface area contributed by atoms with Crippen molar-refractivity contribution in [1.29, 1.82) is 0 Å². The zero-order chi connectivity index (χ0) is 24.8. The van der Waals surface area contributed by atoms with Crippen LogP contribution < -0.4 is 5.73 Å². The van der Waals surface area contributed by atoms with Crippen LogP contribution in [0.3, 0.4) is 0 Å². The second-order valence-corrected chi connectivity index (χ2v) is 9.56. The lowest BCUT2D eigenvalue weighted by Crippen LogP contribution is -2.37. The number of pyridine rings is 1. The number of fused-ring (bicyclic) bond motifs is 1. The lowest BCUT2D eigenvalue weighted by Gasteiger charge is -2.26. The highest BCUT2D eigenvalue weighted by atomic mass is 35.5. The summed E-state index contributed by atoms with van der Waals surface area (Å²) in [6, 6.07) is 18.0. The van der Waals surface area contributed by atoms with Crippen LogP contribution in [0.2, 0.25) is 5.02 Å². The number of nitrogens with zero attached hydrogens (tertiary/aromatic N) is 4. The summed E-state index contributed by atoms with van der Waals surface area (Å²) in [6.07, 6.45) is 4.92. The Morgan fingerprint density at radius 1 is 1.11 bits per heavy atom. The van der Waals surface area contributed by atoms with Gasteiger partial charge in [-0.05, 0) is 43.5 Å². The van der Waals surface area contributed by atoms with Crippen molar-refractivity contribution in [2.45, 2.75) is 33.2 Å². The average molecular weight is 490 g/mol. The standard InChI is InChI=1S/C28H32ClN5O/c1-20-9-11-23(12-10-20)28(35)33(14-6-13-30)18-21(2)15-26-32-27-24(29)16-31-17-25(27)34(26)19-22-7-4-3-5-8-22/h3-5,7-12,16-17,21H,6,13-15,18-19,30H2,1-2H3. The van der Waals surface area contributed by atoms with E-state index in [1.54, 1.807) is 6.20 Å². The van der Waals surface area contributed by atoms with Gasteiger partial charge in [0.2, 0.25) is 0 Å². The number of amides is 1. The van der Waals surface area contributed by atoms with E-state index < -0.39 is 0 Å². The van der Waals surface area contributed by atoms with Crippen LogP contribution in [0.1, 0.15) is 40.7 Å². The Labute approximate surface area is 211 Å². The third-order valence-corrected chi connectivity index (χ3v) is 6.44. The fourth-order valence-corrected chi connectivity index (χ4v) is 4.54. The van der Waals surface area contributed by atoms with E-state index in [1.807, 2.05) is 60.5 Å². The topological polar surface area (TPSA) is 77.0 Å². The van der Waals surface area contributed by atoms with Gasteiger partial charge in [0.1, 0.15) is 11.3 Å². The molecule has 1 atom stereocenters. The third kappa shape index (κ3) is 6.08. The quantitative estimate of drug-likeness (QED) is 0.335. The van der Waals surface area contributed by atoms with Crippen LogP contribution in [0.15, 0.2) is 67.0 Å². The molecule has 0 aliphatic heterocycles. The van der Waals surface area contributed by atoms with Gasteiger partial charge in [-0.1, -0.05) is 66.6 Å². The van der Waals surface area contributed by atoms with Crippen molar-refractivity contribution < 1.29 is 4.79 Å². The van der Waals surface area contributed by atoms with Gasteiger partial charge in [0.05, 0.1) is 16.7 Å². The lowest BCUT2D eigenvalue weighted by molar-refractivity contribution is 0.0730. The van der Waals surface area contributed by atoms with Crippen LogP contribution in [0.5, 0.6) is 0 Å². The molecule has 2 aromatic carbocycles. The molecule has 2 heterocycles. The Bertz CT molecular complexity index is 1270. The molecule has 35 heavy (non-hydrogen) atoms. The van der Waals surface area contributed by atoms with Crippen molar-refractivity contribution in [1.82, 2.24) is 19.4 Å². The van der Waals surface area contributed by atoms with Gasteiger partial charge in [-0.15, -0.1) is 0 Å². The number of carbonyl (C=O) groups excluding carboxylic acids is 1. The fraction of sp³-hybridized carbons (Fsp3) is 0.321. The highest BCUT2D eigenvalue weighted by molar-refractivity contribution is 6.34. The third-order valence-electron chi connectivity index (χ3n) is 6.16. The first kappa shape index (κ1) is 24.9. The Morgan fingerprint density at radius 2 is 1.86 bits per heavy atom. The minimum atomic E-state index is 0.0373. The van der Waals surface area contributed by atoms with Gasteiger partial charge in [-0.2, -0.15) is 0 Å². The normalized spacial score (nSPS) is 12.1. The first-order valence-corrected chi connectivity index (χ1v) is 12.4. The molecule has 182 valence electrons. The summed E-state index contributed by atoms with van der Waals surface area (Å²) in [5.41, 5.74) is 10.5. The van der Waals surface area contributed by atoms with Crippen molar-refractivity contribution >= 4 is 28.5 Å². The maximum absolute atomic E-state index is 13.3. The number of carbonyl (C=O) groups is 1. The van der Waals surface area contributed by atoms with E-state index in [-0.39, 0.29) is 11.8 Å². The molecule has 0 spiro atoms. The zero-order valence-corrected chi connectivity index (χ0v) is 21.1. The van der Waals surface area contributed by atoms with E-state index in [0.717, 1.165) is 28.8 Å². The molecule has 0 radical (unpaired) electrons. The van der Waals surface area contributed by atoms with Crippen LogP contribution in [-0.4, -0.2) is 45.0 Å². The van der Waals surface area contributed by atoms with Crippen LogP contribution in [0.4, 0.5) is 0 Å². The van der Waals surface area contributed by atoms with Gasteiger partial charge >= 0.3 is 0 Å². The second kappa shape index (κ2) is 11.5. The Morgan fingerprint density at radius 3 is 2.57 bits per heavy atom. The molecule has 0 saturated carbocycles. The Hall–Kier alpha value is -3.22.